The molecule has 6 nitrogen and oxygen atoms in total. The molecule has 0 aliphatic heterocycles. The van der Waals surface area contributed by atoms with Gasteiger partial charge < -0.3 is 5.32 Å². The van der Waals surface area contributed by atoms with Gasteiger partial charge in [0.15, 0.2) is 0 Å². The Bertz CT molecular complexity index is 733. The minimum Gasteiger partial charge on any atom is -0.353 e. The van der Waals surface area contributed by atoms with E-state index in [4.69, 9.17) is 0 Å². The van der Waals surface area contributed by atoms with Gasteiger partial charge in [-0.25, -0.2) is 4.98 Å². The predicted molar refractivity (Wildman–Crippen MR) is 77.6 cm³/mol. The fourth-order valence-corrected chi connectivity index (χ4v) is 2.00. The van der Waals surface area contributed by atoms with E-state index in [2.05, 4.69) is 42.8 Å². The number of benzene rings is 1. The first-order valence-electron chi connectivity index (χ1n) is 6.56. The number of nitrogens with one attached hydrogen (secondary N) is 2. The third-order valence-electron chi connectivity index (χ3n) is 3.29. The highest BCUT2D eigenvalue weighted by molar-refractivity contribution is 5.78. The van der Waals surface area contributed by atoms with Gasteiger partial charge in [0.05, 0.1) is 23.1 Å². The van der Waals surface area contributed by atoms with E-state index in [0.717, 1.165) is 35.3 Å². The maximum atomic E-state index is 4.35. The molecule has 0 saturated heterocycles. The second-order valence-electron chi connectivity index (χ2n) is 4.77. The SMILES string of the molecule is Cc1nnc(NCCc2ccc3[nH]ncc3c2)nc1C. The Hall–Kier alpha value is -2.50. The van der Waals surface area contributed by atoms with E-state index in [1.807, 2.05) is 26.1 Å². The molecule has 0 spiro atoms. The minimum absolute atomic E-state index is 0.581. The highest BCUT2D eigenvalue weighted by atomic mass is 15.2. The van der Waals surface area contributed by atoms with Crippen LogP contribution in [0.25, 0.3) is 10.9 Å². The van der Waals surface area contributed by atoms with Crippen LogP contribution in [0, 0.1) is 13.8 Å². The van der Waals surface area contributed by atoms with Gasteiger partial charge in [-0.15, -0.1) is 5.10 Å². The summed E-state index contributed by atoms with van der Waals surface area (Å²) in [5.74, 6) is 0.581. The van der Waals surface area contributed by atoms with Crippen molar-refractivity contribution in [2.75, 3.05) is 11.9 Å². The zero-order valence-electron chi connectivity index (χ0n) is 11.5. The van der Waals surface area contributed by atoms with Crippen LogP contribution < -0.4 is 5.32 Å². The van der Waals surface area contributed by atoms with E-state index in [1.165, 1.54) is 5.56 Å². The summed E-state index contributed by atoms with van der Waals surface area (Å²) in [4.78, 5) is 4.35. The van der Waals surface area contributed by atoms with Crippen molar-refractivity contribution >= 4 is 16.9 Å². The summed E-state index contributed by atoms with van der Waals surface area (Å²) in [6.07, 6.45) is 2.74. The monoisotopic (exact) mass is 268 g/mol. The molecule has 3 aromatic rings. The number of aromatic nitrogens is 5. The summed E-state index contributed by atoms with van der Waals surface area (Å²) in [5, 5.41) is 19.4. The van der Waals surface area contributed by atoms with Gasteiger partial charge in [0.1, 0.15) is 0 Å². The largest absolute Gasteiger partial charge is 0.353 e. The Morgan fingerprint density at radius 3 is 2.90 bits per heavy atom. The highest BCUT2D eigenvalue weighted by Gasteiger charge is 2.02. The average Bonchev–Trinajstić information content (AvgIpc) is 2.90. The molecule has 0 radical (unpaired) electrons. The first kappa shape index (κ1) is 12.5. The van der Waals surface area contributed by atoms with E-state index in [0.29, 0.717) is 5.95 Å². The Morgan fingerprint density at radius 2 is 2.05 bits per heavy atom. The van der Waals surface area contributed by atoms with Crippen molar-refractivity contribution < 1.29 is 0 Å². The molecule has 2 N–H and O–H groups in total. The molecular weight excluding hydrogens is 252 g/mol. The maximum absolute atomic E-state index is 4.35. The van der Waals surface area contributed by atoms with Crippen LogP contribution in [0.2, 0.25) is 0 Å². The van der Waals surface area contributed by atoms with Crippen LogP contribution in [0.3, 0.4) is 0 Å². The zero-order valence-corrected chi connectivity index (χ0v) is 11.5. The summed E-state index contributed by atoms with van der Waals surface area (Å²) in [7, 11) is 0. The third-order valence-corrected chi connectivity index (χ3v) is 3.29. The van der Waals surface area contributed by atoms with Crippen molar-refractivity contribution in [2.24, 2.45) is 0 Å². The first-order chi connectivity index (χ1) is 9.72. The molecule has 0 atom stereocenters. The summed E-state index contributed by atoms with van der Waals surface area (Å²) in [6.45, 7) is 4.61. The molecule has 0 bridgehead atoms. The molecule has 6 heteroatoms. The van der Waals surface area contributed by atoms with Crippen molar-refractivity contribution in [3.8, 4) is 0 Å². The highest BCUT2D eigenvalue weighted by Crippen LogP contribution is 2.13. The van der Waals surface area contributed by atoms with Gasteiger partial charge in [-0.05, 0) is 38.0 Å². The fraction of sp³-hybridized carbons (Fsp3) is 0.286. The third kappa shape index (κ3) is 2.59. The number of H-pyrrole nitrogens is 1. The van der Waals surface area contributed by atoms with Gasteiger partial charge in [-0.3, -0.25) is 5.10 Å². The molecule has 0 aliphatic rings. The minimum atomic E-state index is 0.581. The van der Waals surface area contributed by atoms with Crippen LogP contribution >= 0.6 is 0 Å². The van der Waals surface area contributed by atoms with Crippen molar-refractivity contribution in [1.82, 2.24) is 25.4 Å². The van der Waals surface area contributed by atoms with Crippen molar-refractivity contribution in [1.29, 1.82) is 0 Å². The number of hydrogen-bond acceptors (Lipinski definition) is 5. The topological polar surface area (TPSA) is 79.4 Å². The number of anilines is 1. The summed E-state index contributed by atoms with van der Waals surface area (Å²) in [5.41, 5.74) is 4.08. The van der Waals surface area contributed by atoms with E-state index < -0.39 is 0 Å². The van der Waals surface area contributed by atoms with Gasteiger partial charge in [-0.1, -0.05) is 6.07 Å². The molecule has 102 valence electrons. The molecule has 2 heterocycles. The van der Waals surface area contributed by atoms with Crippen molar-refractivity contribution in [3.63, 3.8) is 0 Å². The lowest BCUT2D eigenvalue weighted by Crippen LogP contribution is -2.10. The first-order valence-corrected chi connectivity index (χ1v) is 6.56. The van der Waals surface area contributed by atoms with E-state index in [1.54, 1.807) is 0 Å². The van der Waals surface area contributed by atoms with Crippen LogP contribution in [0.5, 0.6) is 0 Å². The van der Waals surface area contributed by atoms with Crippen LogP contribution in [0.4, 0.5) is 5.95 Å². The molecule has 0 aliphatic carbocycles. The number of aryl methyl sites for hydroxylation is 2. The van der Waals surface area contributed by atoms with Gasteiger partial charge in [0.25, 0.3) is 0 Å². The molecule has 20 heavy (non-hydrogen) atoms. The van der Waals surface area contributed by atoms with E-state index in [9.17, 15) is 0 Å². The van der Waals surface area contributed by atoms with Gasteiger partial charge in [-0.2, -0.15) is 10.2 Å². The summed E-state index contributed by atoms with van der Waals surface area (Å²) >= 11 is 0. The average molecular weight is 268 g/mol. The van der Waals surface area contributed by atoms with Gasteiger partial charge in [0, 0.05) is 11.9 Å². The maximum Gasteiger partial charge on any atom is 0.242 e. The second-order valence-corrected chi connectivity index (χ2v) is 4.77. The second kappa shape index (κ2) is 5.24. The molecule has 2 aromatic heterocycles. The molecule has 1 aromatic carbocycles. The Balaban J connectivity index is 1.62. The van der Waals surface area contributed by atoms with E-state index in [-0.39, 0.29) is 0 Å². The molecule has 0 fully saturated rings. The normalized spacial score (nSPS) is 10.9. The number of hydrogen-bond donors (Lipinski definition) is 2. The number of rotatable bonds is 4. The molecule has 0 saturated carbocycles. The number of fused-ring (bicyclic) bond motifs is 1. The van der Waals surface area contributed by atoms with Gasteiger partial charge in [0.2, 0.25) is 5.95 Å². The smallest absolute Gasteiger partial charge is 0.242 e. The lowest BCUT2D eigenvalue weighted by Gasteiger charge is -2.06. The van der Waals surface area contributed by atoms with Crippen LogP contribution in [0.1, 0.15) is 17.0 Å². The van der Waals surface area contributed by atoms with Crippen LogP contribution in [-0.2, 0) is 6.42 Å². The molecule has 0 amide bonds. The van der Waals surface area contributed by atoms with Crippen molar-refractivity contribution in [2.45, 2.75) is 20.3 Å². The molecular formula is C14H16N6. The number of aromatic amines is 1. The fourth-order valence-electron chi connectivity index (χ4n) is 2.00. The standard InChI is InChI=1S/C14H16N6/c1-9-10(2)18-20-14(17-9)15-6-5-11-3-4-13-12(7-11)8-16-19-13/h3-4,7-8H,5-6H2,1-2H3,(H,16,19)(H,15,17,20). The van der Waals surface area contributed by atoms with E-state index >= 15 is 0 Å². The quantitative estimate of drug-likeness (QED) is 0.756. The zero-order chi connectivity index (χ0) is 13.9. The van der Waals surface area contributed by atoms with Crippen LogP contribution in [0.15, 0.2) is 24.4 Å². The van der Waals surface area contributed by atoms with Crippen molar-refractivity contribution in [3.05, 3.63) is 41.3 Å². The lowest BCUT2D eigenvalue weighted by molar-refractivity contribution is 0.878. The summed E-state index contributed by atoms with van der Waals surface area (Å²) < 4.78 is 0. The molecule has 0 unspecified atom stereocenters. The Morgan fingerprint density at radius 1 is 1.15 bits per heavy atom. The van der Waals surface area contributed by atoms with Gasteiger partial charge >= 0.3 is 0 Å². The Kier molecular flexibility index (Phi) is 3.28. The number of nitrogens with zero attached hydrogens (tertiary/aromatic N) is 4. The molecule has 3 rings (SSSR count). The lowest BCUT2D eigenvalue weighted by atomic mass is 10.1. The summed E-state index contributed by atoms with van der Waals surface area (Å²) in [6, 6.07) is 6.29. The van der Waals surface area contributed by atoms with Crippen LogP contribution in [-0.4, -0.2) is 31.9 Å². The Labute approximate surface area is 116 Å². The predicted octanol–water partition coefficient (Wildman–Crippen LogP) is 2.02.